The topological polar surface area (TPSA) is 73.4 Å². The van der Waals surface area contributed by atoms with Crippen molar-refractivity contribution in [2.45, 2.75) is 45.6 Å². The molecular weight excluding hydrogens is 326 g/mol. The quantitative estimate of drug-likeness (QED) is 0.551. The van der Waals surface area contributed by atoms with E-state index >= 15 is 0 Å². The van der Waals surface area contributed by atoms with Gasteiger partial charge >= 0.3 is 0 Å². The average Bonchev–Trinajstić information content (AvgIpc) is 2.59. The molecule has 1 aliphatic rings. The number of carbonyl (C=O) groups excluding carboxylic acids is 1. The van der Waals surface area contributed by atoms with Gasteiger partial charge in [-0.15, -0.1) is 0 Å². The summed E-state index contributed by atoms with van der Waals surface area (Å²) in [6.45, 7) is 3.18. The molecule has 5 nitrogen and oxygen atoms in total. The molecule has 1 unspecified atom stereocenters. The molecule has 1 atom stereocenters. The summed E-state index contributed by atoms with van der Waals surface area (Å²) in [7, 11) is 0. The lowest BCUT2D eigenvalue weighted by Gasteiger charge is -2.24. The minimum atomic E-state index is -0.833. The van der Waals surface area contributed by atoms with E-state index in [1.165, 1.54) is 12.0 Å². The third-order valence-corrected chi connectivity index (χ3v) is 4.82. The van der Waals surface area contributed by atoms with Gasteiger partial charge in [0, 0.05) is 24.7 Å². The van der Waals surface area contributed by atoms with Crippen molar-refractivity contribution in [2.75, 3.05) is 5.32 Å². The van der Waals surface area contributed by atoms with Gasteiger partial charge in [0.15, 0.2) is 6.35 Å². The average molecular weight is 353 g/mol. The number of aliphatic hydroxyl groups excluding tert-OH is 1. The fraction of sp³-hybridized carbons (Fsp3) is 0.381. The molecule has 26 heavy (non-hydrogen) atoms. The van der Waals surface area contributed by atoms with Crippen LogP contribution in [0.4, 0.5) is 5.69 Å². The summed E-state index contributed by atoms with van der Waals surface area (Å²) < 4.78 is 0. The molecule has 1 aliphatic carbocycles. The van der Waals surface area contributed by atoms with E-state index < -0.39 is 6.35 Å². The standard InChI is InChI=1S/C21H27N3O2/c1-15-5-7-16(8-6-15)14-23-21(26)24-19-11-9-17(10-12-19)13-22-20(25)18-3-2-4-18/h5-12,18,21,23-24,26H,2-4,13-14H2,1H3,(H,22,25). The summed E-state index contributed by atoms with van der Waals surface area (Å²) in [5.41, 5.74) is 4.21. The predicted octanol–water partition coefficient (Wildman–Crippen LogP) is 2.89. The van der Waals surface area contributed by atoms with Crippen molar-refractivity contribution in [3.05, 3.63) is 65.2 Å². The molecule has 0 aliphatic heterocycles. The van der Waals surface area contributed by atoms with Crippen LogP contribution in [0.25, 0.3) is 0 Å². The van der Waals surface area contributed by atoms with Crippen LogP contribution < -0.4 is 16.0 Å². The Morgan fingerprint density at radius 2 is 1.65 bits per heavy atom. The third kappa shape index (κ3) is 5.31. The van der Waals surface area contributed by atoms with Crippen LogP contribution in [-0.2, 0) is 17.9 Å². The van der Waals surface area contributed by atoms with Gasteiger partial charge in [-0.1, -0.05) is 48.4 Å². The molecule has 0 radical (unpaired) electrons. The summed E-state index contributed by atoms with van der Waals surface area (Å²) in [5, 5.41) is 19.1. The van der Waals surface area contributed by atoms with Gasteiger partial charge in [-0.3, -0.25) is 10.1 Å². The molecule has 1 saturated carbocycles. The van der Waals surface area contributed by atoms with Gasteiger partial charge in [0.1, 0.15) is 0 Å². The highest BCUT2D eigenvalue weighted by molar-refractivity contribution is 5.79. The number of hydrogen-bond donors (Lipinski definition) is 4. The maximum absolute atomic E-state index is 11.9. The van der Waals surface area contributed by atoms with Crippen molar-refractivity contribution < 1.29 is 9.90 Å². The Labute approximate surface area is 154 Å². The number of nitrogens with one attached hydrogen (secondary N) is 3. The van der Waals surface area contributed by atoms with E-state index in [2.05, 4.69) is 35.0 Å². The molecule has 1 fully saturated rings. The van der Waals surface area contributed by atoms with Crippen LogP contribution in [0.1, 0.15) is 36.0 Å². The van der Waals surface area contributed by atoms with E-state index in [0.717, 1.165) is 29.7 Å². The zero-order chi connectivity index (χ0) is 18.4. The van der Waals surface area contributed by atoms with E-state index in [1.54, 1.807) is 0 Å². The highest BCUT2D eigenvalue weighted by atomic mass is 16.3. The Kier molecular flexibility index (Phi) is 6.26. The third-order valence-electron chi connectivity index (χ3n) is 4.82. The first kappa shape index (κ1) is 18.4. The Bertz CT molecular complexity index is 709. The summed E-state index contributed by atoms with van der Waals surface area (Å²) in [6, 6.07) is 15.9. The monoisotopic (exact) mass is 353 g/mol. The largest absolute Gasteiger partial charge is 0.361 e. The van der Waals surface area contributed by atoms with Crippen molar-refractivity contribution in [3.63, 3.8) is 0 Å². The number of benzene rings is 2. The first-order valence-electron chi connectivity index (χ1n) is 9.20. The first-order valence-corrected chi connectivity index (χ1v) is 9.20. The highest BCUT2D eigenvalue weighted by Crippen LogP contribution is 2.26. The van der Waals surface area contributed by atoms with Crippen molar-refractivity contribution in [1.29, 1.82) is 0 Å². The first-order chi connectivity index (χ1) is 12.6. The summed E-state index contributed by atoms with van der Waals surface area (Å²) >= 11 is 0. The molecule has 0 saturated heterocycles. The van der Waals surface area contributed by atoms with Crippen molar-refractivity contribution in [3.8, 4) is 0 Å². The van der Waals surface area contributed by atoms with Gasteiger partial charge in [0.25, 0.3) is 0 Å². The second kappa shape index (κ2) is 8.83. The second-order valence-electron chi connectivity index (χ2n) is 6.96. The zero-order valence-electron chi connectivity index (χ0n) is 15.2. The van der Waals surface area contributed by atoms with Crippen LogP contribution in [0, 0.1) is 12.8 Å². The lowest BCUT2D eigenvalue weighted by molar-refractivity contribution is -0.127. The maximum atomic E-state index is 11.9. The fourth-order valence-electron chi connectivity index (χ4n) is 2.85. The van der Waals surface area contributed by atoms with Crippen LogP contribution in [0.5, 0.6) is 0 Å². The van der Waals surface area contributed by atoms with E-state index in [0.29, 0.717) is 13.1 Å². The molecule has 0 spiro atoms. The highest BCUT2D eigenvalue weighted by Gasteiger charge is 2.24. The molecule has 4 N–H and O–H groups in total. The van der Waals surface area contributed by atoms with Gasteiger partial charge in [-0.2, -0.15) is 0 Å². The number of anilines is 1. The van der Waals surface area contributed by atoms with Gasteiger partial charge in [0.05, 0.1) is 0 Å². The molecule has 1 amide bonds. The molecule has 0 aromatic heterocycles. The number of aryl methyl sites for hydroxylation is 1. The molecule has 2 aromatic carbocycles. The number of hydrogen-bond acceptors (Lipinski definition) is 4. The zero-order valence-corrected chi connectivity index (χ0v) is 15.2. The van der Waals surface area contributed by atoms with E-state index in [-0.39, 0.29) is 11.8 Å². The Morgan fingerprint density at radius 1 is 1.04 bits per heavy atom. The Balaban J connectivity index is 1.41. The lowest BCUT2D eigenvalue weighted by Crippen LogP contribution is -2.35. The number of rotatable bonds is 8. The maximum Gasteiger partial charge on any atom is 0.223 e. The van der Waals surface area contributed by atoms with Crippen molar-refractivity contribution in [2.24, 2.45) is 5.92 Å². The number of aliphatic hydroxyl groups is 1. The minimum Gasteiger partial charge on any atom is -0.361 e. The molecular formula is C21H27N3O2. The molecule has 2 aromatic rings. The van der Waals surface area contributed by atoms with E-state index in [9.17, 15) is 9.90 Å². The Hall–Kier alpha value is -2.37. The molecule has 0 bridgehead atoms. The van der Waals surface area contributed by atoms with Crippen LogP contribution in [-0.4, -0.2) is 17.4 Å². The normalized spacial score (nSPS) is 15.2. The predicted molar refractivity (Wildman–Crippen MR) is 103 cm³/mol. The Morgan fingerprint density at radius 3 is 2.27 bits per heavy atom. The number of carbonyl (C=O) groups is 1. The SMILES string of the molecule is Cc1ccc(CNC(O)Nc2ccc(CNC(=O)C3CCC3)cc2)cc1. The van der Waals surface area contributed by atoms with E-state index in [4.69, 9.17) is 0 Å². The van der Waals surface area contributed by atoms with Crippen molar-refractivity contribution in [1.82, 2.24) is 10.6 Å². The van der Waals surface area contributed by atoms with Crippen LogP contribution in [0.3, 0.4) is 0 Å². The second-order valence-corrected chi connectivity index (χ2v) is 6.96. The summed E-state index contributed by atoms with van der Waals surface area (Å²) in [5.74, 6) is 0.375. The molecule has 3 rings (SSSR count). The summed E-state index contributed by atoms with van der Waals surface area (Å²) in [4.78, 5) is 11.9. The molecule has 138 valence electrons. The number of amides is 1. The van der Waals surface area contributed by atoms with Crippen LogP contribution in [0.2, 0.25) is 0 Å². The summed E-state index contributed by atoms with van der Waals surface area (Å²) in [6.07, 6.45) is 2.36. The van der Waals surface area contributed by atoms with Gasteiger partial charge in [0.2, 0.25) is 5.91 Å². The van der Waals surface area contributed by atoms with Crippen LogP contribution >= 0.6 is 0 Å². The van der Waals surface area contributed by atoms with Crippen molar-refractivity contribution >= 4 is 11.6 Å². The van der Waals surface area contributed by atoms with Gasteiger partial charge in [-0.25, -0.2) is 0 Å². The fourth-order valence-corrected chi connectivity index (χ4v) is 2.85. The smallest absolute Gasteiger partial charge is 0.223 e. The van der Waals surface area contributed by atoms with E-state index in [1.807, 2.05) is 36.4 Å². The molecule has 0 heterocycles. The van der Waals surface area contributed by atoms with Gasteiger partial charge < -0.3 is 15.7 Å². The lowest BCUT2D eigenvalue weighted by atomic mass is 9.85. The van der Waals surface area contributed by atoms with Crippen LogP contribution in [0.15, 0.2) is 48.5 Å². The minimum absolute atomic E-state index is 0.161. The van der Waals surface area contributed by atoms with Gasteiger partial charge in [-0.05, 0) is 43.0 Å². The molecule has 5 heteroatoms.